The summed E-state index contributed by atoms with van der Waals surface area (Å²) in [6.45, 7) is 14.4. The Balaban J connectivity index is 1.59. The van der Waals surface area contributed by atoms with E-state index in [9.17, 15) is 9.90 Å². The summed E-state index contributed by atoms with van der Waals surface area (Å²) in [5.74, 6) is 0.323. The second-order valence-electron chi connectivity index (χ2n) is 10.4. The maximum atomic E-state index is 11.7. The van der Waals surface area contributed by atoms with Gasteiger partial charge in [-0.1, -0.05) is 19.9 Å². The molecule has 3 heterocycles. The first-order valence-corrected chi connectivity index (χ1v) is 13.2. The normalized spacial score (nSPS) is 15.5. The average molecular weight is 497 g/mol. The molecule has 1 aliphatic rings. The van der Waals surface area contributed by atoms with E-state index < -0.39 is 11.4 Å². The van der Waals surface area contributed by atoms with Gasteiger partial charge in [-0.3, -0.25) is 14.7 Å². The lowest BCUT2D eigenvalue weighted by Gasteiger charge is -2.29. The lowest BCUT2D eigenvalue weighted by molar-refractivity contribution is -0.148. The molecule has 1 saturated heterocycles. The number of carbonyl (C=O) groups is 1. The van der Waals surface area contributed by atoms with E-state index in [1.165, 1.54) is 5.01 Å². The molecule has 4 rings (SSSR count). The second-order valence-corrected chi connectivity index (χ2v) is 11.3. The molecule has 0 saturated carbocycles. The van der Waals surface area contributed by atoms with Crippen LogP contribution in [0.3, 0.4) is 0 Å². The van der Waals surface area contributed by atoms with Crippen LogP contribution in [0.5, 0.6) is 5.75 Å². The van der Waals surface area contributed by atoms with E-state index in [-0.39, 0.29) is 6.61 Å². The van der Waals surface area contributed by atoms with Gasteiger partial charge in [-0.05, 0) is 44.9 Å². The minimum Gasteiger partial charge on any atom is -0.490 e. The second kappa shape index (κ2) is 10.5. The van der Waals surface area contributed by atoms with Gasteiger partial charge in [0.05, 0.1) is 21.6 Å². The van der Waals surface area contributed by atoms with E-state index in [0.717, 1.165) is 72.7 Å². The van der Waals surface area contributed by atoms with E-state index in [4.69, 9.17) is 14.7 Å². The van der Waals surface area contributed by atoms with Gasteiger partial charge in [-0.15, -0.1) is 11.3 Å². The summed E-state index contributed by atoms with van der Waals surface area (Å²) in [4.78, 5) is 26.1. The Morgan fingerprint density at radius 3 is 2.77 bits per heavy atom. The highest BCUT2D eigenvalue weighted by atomic mass is 32.1. The molecule has 1 fully saturated rings. The average Bonchev–Trinajstić information content (AvgIpc) is 3.16. The van der Waals surface area contributed by atoms with Crippen molar-refractivity contribution in [1.82, 2.24) is 14.9 Å². The lowest BCUT2D eigenvalue weighted by Crippen LogP contribution is -2.33. The zero-order valence-corrected chi connectivity index (χ0v) is 22.2. The van der Waals surface area contributed by atoms with Crippen molar-refractivity contribution in [3.05, 3.63) is 46.0 Å². The summed E-state index contributed by atoms with van der Waals surface area (Å²) in [5, 5.41) is 14.0. The van der Waals surface area contributed by atoms with Gasteiger partial charge in [-0.2, -0.15) is 0 Å². The number of nitrogens with zero attached hydrogens (tertiary/aromatic N) is 4. The summed E-state index contributed by atoms with van der Waals surface area (Å²) in [6, 6.07) is 6.10. The van der Waals surface area contributed by atoms with E-state index in [0.29, 0.717) is 5.92 Å². The van der Waals surface area contributed by atoms with Crippen molar-refractivity contribution < 1.29 is 14.6 Å². The number of thiazole rings is 1. The number of pyridine rings is 1. The number of fused-ring (bicyclic) bond motifs is 1. The molecule has 0 amide bonds. The molecular formula is C27H36N4O3S. The van der Waals surface area contributed by atoms with E-state index in [2.05, 4.69) is 41.2 Å². The maximum Gasteiger partial charge on any atom is 0.312 e. The number of benzene rings is 1. The van der Waals surface area contributed by atoms with Crippen LogP contribution in [-0.4, -0.2) is 58.7 Å². The topological polar surface area (TPSA) is 78.8 Å². The smallest absolute Gasteiger partial charge is 0.312 e. The van der Waals surface area contributed by atoms with Gasteiger partial charge in [0.15, 0.2) is 0 Å². The van der Waals surface area contributed by atoms with Crippen molar-refractivity contribution in [3.63, 3.8) is 0 Å². The predicted molar refractivity (Wildman–Crippen MR) is 142 cm³/mol. The fourth-order valence-corrected chi connectivity index (χ4v) is 5.18. The number of aromatic nitrogens is 2. The van der Waals surface area contributed by atoms with Crippen molar-refractivity contribution in [2.75, 3.05) is 37.7 Å². The Bertz CT molecular complexity index is 1190. The van der Waals surface area contributed by atoms with Gasteiger partial charge in [-0.25, -0.2) is 4.98 Å². The number of carboxylic acid groups (broad SMARTS) is 1. The maximum absolute atomic E-state index is 11.7. The Hall–Kier alpha value is -2.71. The molecule has 0 bridgehead atoms. The molecule has 0 aliphatic carbocycles. The number of aliphatic carboxylic acids is 1. The minimum atomic E-state index is -0.985. The molecule has 0 unspecified atom stereocenters. The summed E-state index contributed by atoms with van der Waals surface area (Å²) in [6.07, 6.45) is 2.83. The largest absolute Gasteiger partial charge is 0.490 e. The van der Waals surface area contributed by atoms with E-state index >= 15 is 0 Å². The van der Waals surface area contributed by atoms with Crippen molar-refractivity contribution in [1.29, 1.82) is 0 Å². The standard InChI is InChI=1S/C27H36N4O3S/c1-18(2)25-29-21(16-35-25)15-30-10-7-11-31(13-12-30)23-22-20(8-6-9-28-22)14-19(3)24(23)34-17-27(4,5)26(32)33/h6,8-9,14,16,18H,7,10-13,15,17H2,1-5H3,(H,32,33). The highest BCUT2D eigenvalue weighted by Crippen LogP contribution is 2.40. The predicted octanol–water partition coefficient (Wildman–Crippen LogP) is 5.33. The Morgan fingerprint density at radius 2 is 2.06 bits per heavy atom. The number of hydrogen-bond acceptors (Lipinski definition) is 7. The third-order valence-corrected chi connectivity index (χ3v) is 7.71. The molecule has 0 atom stereocenters. The van der Waals surface area contributed by atoms with Crippen LogP contribution in [0.15, 0.2) is 29.8 Å². The third-order valence-electron chi connectivity index (χ3n) is 6.52. The van der Waals surface area contributed by atoms with Crippen LogP contribution in [0, 0.1) is 12.3 Å². The first-order valence-electron chi connectivity index (χ1n) is 12.3. The number of anilines is 1. The van der Waals surface area contributed by atoms with Crippen LogP contribution in [0.25, 0.3) is 10.9 Å². The molecule has 1 aliphatic heterocycles. The van der Waals surface area contributed by atoms with Gasteiger partial charge < -0.3 is 14.7 Å². The Labute approximate surface area is 211 Å². The SMILES string of the molecule is Cc1cc2cccnc2c(N2CCCN(Cc3csc(C(C)C)n3)CC2)c1OCC(C)(C)C(=O)O. The fraction of sp³-hybridized carbons (Fsp3) is 0.519. The summed E-state index contributed by atoms with van der Waals surface area (Å²) in [7, 11) is 0. The molecule has 8 heteroatoms. The zero-order valence-electron chi connectivity index (χ0n) is 21.4. The summed E-state index contributed by atoms with van der Waals surface area (Å²) >= 11 is 1.75. The molecule has 35 heavy (non-hydrogen) atoms. The number of aryl methyl sites for hydroxylation is 1. The Kier molecular flexibility index (Phi) is 7.62. The monoisotopic (exact) mass is 496 g/mol. The first kappa shape index (κ1) is 25.4. The number of carboxylic acids is 1. The lowest BCUT2D eigenvalue weighted by atomic mass is 9.95. The van der Waals surface area contributed by atoms with Crippen LogP contribution in [0.4, 0.5) is 5.69 Å². The molecule has 7 nitrogen and oxygen atoms in total. The van der Waals surface area contributed by atoms with Crippen LogP contribution >= 0.6 is 11.3 Å². The first-order chi connectivity index (χ1) is 16.7. The molecule has 1 aromatic carbocycles. The van der Waals surface area contributed by atoms with E-state index in [1.54, 1.807) is 25.2 Å². The molecule has 3 aromatic rings. The minimum absolute atomic E-state index is 0.0937. The van der Waals surface area contributed by atoms with Gasteiger partial charge in [0.1, 0.15) is 18.0 Å². The van der Waals surface area contributed by atoms with E-state index in [1.807, 2.05) is 19.2 Å². The number of ether oxygens (including phenoxy) is 1. The van der Waals surface area contributed by atoms with Crippen molar-refractivity contribution in [2.45, 2.75) is 53.5 Å². The third kappa shape index (κ3) is 5.76. The van der Waals surface area contributed by atoms with Gasteiger partial charge in [0, 0.05) is 55.6 Å². The number of rotatable bonds is 8. The van der Waals surface area contributed by atoms with Crippen LogP contribution in [0.1, 0.15) is 56.3 Å². The van der Waals surface area contributed by atoms with Crippen molar-refractivity contribution in [3.8, 4) is 5.75 Å². The van der Waals surface area contributed by atoms with Crippen LogP contribution in [-0.2, 0) is 11.3 Å². The highest BCUT2D eigenvalue weighted by molar-refractivity contribution is 7.09. The molecule has 2 aromatic heterocycles. The van der Waals surface area contributed by atoms with Crippen molar-refractivity contribution >= 4 is 33.9 Å². The van der Waals surface area contributed by atoms with Gasteiger partial charge in [0.2, 0.25) is 0 Å². The number of hydrogen-bond donors (Lipinski definition) is 1. The van der Waals surface area contributed by atoms with Crippen LogP contribution in [0.2, 0.25) is 0 Å². The Morgan fingerprint density at radius 1 is 1.26 bits per heavy atom. The zero-order chi connectivity index (χ0) is 25.2. The molecule has 0 radical (unpaired) electrons. The summed E-state index contributed by atoms with van der Waals surface area (Å²) < 4.78 is 6.26. The molecular weight excluding hydrogens is 460 g/mol. The quantitative estimate of drug-likeness (QED) is 0.452. The van der Waals surface area contributed by atoms with Gasteiger partial charge in [0.25, 0.3) is 0 Å². The molecule has 188 valence electrons. The highest BCUT2D eigenvalue weighted by Gasteiger charge is 2.30. The van der Waals surface area contributed by atoms with Crippen LogP contribution < -0.4 is 9.64 Å². The molecule has 1 N–H and O–H groups in total. The molecule has 0 spiro atoms. The fourth-order valence-electron chi connectivity index (χ4n) is 4.36. The summed E-state index contributed by atoms with van der Waals surface area (Å²) in [5.41, 5.74) is 3.03. The van der Waals surface area contributed by atoms with Crippen molar-refractivity contribution in [2.24, 2.45) is 5.41 Å². The van der Waals surface area contributed by atoms with Gasteiger partial charge >= 0.3 is 5.97 Å².